The van der Waals surface area contributed by atoms with Crippen LogP contribution in [-0.2, 0) is 9.53 Å². The number of hydrogen-bond donors (Lipinski definition) is 1. The van der Waals surface area contributed by atoms with Gasteiger partial charge >= 0.3 is 5.97 Å². The van der Waals surface area contributed by atoms with Crippen molar-refractivity contribution in [2.24, 2.45) is 5.73 Å². The fraction of sp³-hybridized carbons (Fsp3) is 0.222. The van der Waals surface area contributed by atoms with Gasteiger partial charge in [-0.25, -0.2) is 9.50 Å². The Morgan fingerprint density at radius 1 is 1.56 bits per heavy atom. The molecule has 18 heavy (non-hydrogen) atoms. The molecule has 0 aliphatic heterocycles. The van der Waals surface area contributed by atoms with Gasteiger partial charge in [-0.1, -0.05) is 11.8 Å². The predicted octanol–water partition coefficient (Wildman–Crippen LogP) is -0.512. The van der Waals surface area contributed by atoms with Crippen LogP contribution in [0.1, 0.15) is 10.4 Å². The van der Waals surface area contributed by atoms with Crippen LogP contribution < -0.4 is 5.73 Å². The van der Waals surface area contributed by atoms with E-state index < -0.39 is 5.91 Å². The lowest BCUT2D eigenvalue weighted by molar-refractivity contribution is -0.137. The molecule has 0 saturated carbocycles. The van der Waals surface area contributed by atoms with E-state index in [1.165, 1.54) is 24.0 Å². The number of nitrogens with zero attached hydrogens (tertiary/aromatic N) is 4. The van der Waals surface area contributed by atoms with E-state index in [4.69, 9.17) is 5.73 Å². The minimum absolute atomic E-state index is 0.107. The van der Waals surface area contributed by atoms with Gasteiger partial charge < -0.3 is 10.5 Å². The molecule has 0 saturated heterocycles. The molecule has 0 fully saturated rings. The first kappa shape index (κ1) is 12.3. The standard InChI is InChI=1S/C9H9N5O3S/c1-17-6(15)4-18-9-12-8-11-2-5(7(10)16)3-14(8)13-9/h2-3H,4H2,1H3,(H2,10,16). The molecular formula is C9H9N5O3S. The average Bonchev–Trinajstić information content (AvgIpc) is 2.77. The summed E-state index contributed by atoms with van der Waals surface area (Å²) in [6, 6.07) is 0. The van der Waals surface area contributed by atoms with Gasteiger partial charge in [0.25, 0.3) is 11.7 Å². The molecule has 2 N–H and O–H groups in total. The molecule has 0 aromatic carbocycles. The molecule has 94 valence electrons. The molecule has 0 spiro atoms. The number of aromatic nitrogens is 4. The Kier molecular flexibility index (Phi) is 3.42. The van der Waals surface area contributed by atoms with Crippen LogP contribution in [0.5, 0.6) is 0 Å². The van der Waals surface area contributed by atoms with Gasteiger partial charge in [0.1, 0.15) is 0 Å². The number of thioether (sulfide) groups is 1. The largest absolute Gasteiger partial charge is 0.468 e. The fourth-order valence-corrected chi connectivity index (χ4v) is 1.79. The number of esters is 1. The Morgan fingerprint density at radius 2 is 2.33 bits per heavy atom. The van der Waals surface area contributed by atoms with Crippen molar-refractivity contribution in [1.29, 1.82) is 0 Å². The highest BCUT2D eigenvalue weighted by Crippen LogP contribution is 2.13. The monoisotopic (exact) mass is 267 g/mol. The van der Waals surface area contributed by atoms with E-state index >= 15 is 0 Å². The van der Waals surface area contributed by atoms with Gasteiger partial charge in [0.2, 0.25) is 5.16 Å². The van der Waals surface area contributed by atoms with E-state index in [9.17, 15) is 9.59 Å². The number of fused-ring (bicyclic) bond motifs is 1. The van der Waals surface area contributed by atoms with Gasteiger partial charge in [-0.05, 0) is 0 Å². The molecule has 1 amide bonds. The number of hydrogen-bond acceptors (Lipinski definition) is 7. The van der Waals surface area contributed by atoms with Gasteiger partial charge in [0.05, 0.1) is 18.4 Å². The number of methoxy groups -OCH3 is 1. The summed E-state index contributed by atoms with van der Waals surface area (Å²) in [5.74, 6) is -0.531. The van der Waals surface area contributed by atoms with Gasteiger partial charge in [-0.3, -0.25) is 9.59 Å². The quantitative estimate of drug-likeness (QED) is 0.586. The van der Waals surface area contributed by atoms with E-state index in [2.05, 4.69) is 19.8 Å². The molecule has 2 aromatic rings. The topological polar surface area (TPSA) is 112 Å². The molecule has 0 unspecified atom stereocenters. The van der Waals surface area contributed by atoms with Crippen molar-refractivity contribution in [3.05, 3.63) is 18.0 Å². The number of primary amides is 1. The highest BCUT2D eigenvalue weighted by Gasteiger charge is 2.10. The summed E-state index contributed by atoms with van der Waals surface area (Å²) >= 11 is 1.12. The number of amides is 1. The van der Waals surface area contributed by atoms with Crippen LogP contribution in [0.15, 0.2) is 17.6 Å². The molecule has 0 bridgehead atoms. The number of rotatable bonds is 4. The second kappa shape index (κ2) is 5.00. The van der Waals surface area contributed by atoms with Crippen LogP contribution in [0.25, 0.3) is 5.78 Å². The number of carbonyl (C=O) groups excluding carboxylic acids is 2. The highest BCUT2D eigenvalue weighted by atomic mass is 32.2. The Morgan fingerprint density at radius 3 is 3.00 bits per heavy atom. The molecular weight excluding hydrogens is 258 g/mol. The lowest BCUT2D eigenvalue weighted by Gasteiger charge is -1.94. The van der Waals surface area contributed by atoms with Crippen molar-refractivity contribution in [3.63, 3.8) is 0 Å². The van der Waals surface area contributed by atoms with Gasteiger partial charge in [-0.2, -0.15) is 4.98 Å². The third-order valence-corrected chi connectivity index (χ3v) is 2.82. The minimum atomic E-state index is -0.594. The molecule has 2 rings (SSSR count). The Labute approximate surface area is 106 Å². The van der Waals surface area contributed by atoms with Crippen molar-refractivity contribution in [1.82, 2.24) is 19.6 Å². The van der Waals surface area contributed by atoms with E-state index in [1.54, 1.807) is 0 Å². The SMILES string of the molecule is COC(=O)CSc1nc2ncc(C(N)=O)cn2n1. The van der Waals surface area contributed by atoms with Gasteiger partial charge in [-0.15, -0.1) is 5.10 Å². The second-order valence-electron chi connectivity index (χ2n) is 3.21. The first-order valence-electron chi connectivity index (χ1n) is 4.82. The van der Waals surface area contributed by atoms with Crippen molar-refractivity contribution < 1.29 is 14.3 Å². The van der Waals surface area contributed by atoms with E-state index in [0.29, 0.717) is 10.9 Å². The maximum Gasteiger partial charge on any atom is 0.316 e. The normalized spacial score (nSPS) is 10.5. The summed E-state index contributed by atoms with van der Waals surface area (Å²) in [6.07, 6.45) is 2.75. The molecule has 0 aliphatic rings. The molecule has 9 heteroatoms. The first-order chi connectivity index (χ1) is 8.60. The minimum Gasteiger partial charge on any atom is -0.468 e. The first-order valence-corrected chi connectivity index (χ1v) is 5.80. The van der Waals surface area contributed by atoms with Crippen LogP contribution in [-0.4, -0.2) is 44.3 Å². The maximum atomic E-state index is 11.0. The summed E-state index contributed by atoms with van der Waals surface area (Å²) in [7, 11) is 1.31. The van der Waals surface area contributed by atoms with Crippen molar-refractivity contribution in [2.75, 3.05) is 12.9 Å². The fourth-order valence-electron chi connectivity index (χ4n) is 1.13. The zero-order valence-electron chi connectivity index (χ0n) is 9.36. The zero-order valence-corrected chi connectivity index (χ0v) is 10.2. The Bertz CT molecular complexity index is 611. The lowest BCUT2D eigenvalue weighted by Crippen LogP contribution is -2.12. The number of ether oxygens (including phenoxy) is 1. The third-order valence-electron chi connectivity index (χ3n) is 2.01. The summed E-state index contributed by atoms with van der Waals surface area (Å²) in [5.41, 5.74) is 5.35. The molecule has 2 heterocycles. The second-order valence-corrected chi connectivity index (χ2v) is 4.15. The molecule has 8 nitrogen and oxygen atoms in total. The Balaban J connectivity index is 2.22. The summed E-state index contributed by atoms with van der Waals surface area (Å²) in [4.78, 5) is 29.9. The van der Waals surface area contributed by atoms with Crippen molar-refractivity contribution in [2.45, 2.75) is 5.16 Å². The maximum absolute atomic E-state index is 11.0. The highest BCUT2D eigenvalue weighted by molar-refractivity contribution is 7.99. The van der Waals surface area contributed by atoms with Crippen molar-refractivity contribution >= 4 is 29.4 Å². The van der Waals surface area contributed by atoms with Crippen molar-refractivity contribution in [3.8, 4) is 0 Å². The van der Waals surface area contributed by atoms with E-state index in [-0.39, 0.29) is 17.3 Å². The third kappa shape index (κ3) is 2.56. The number of carbonyl (C=O) groups is 2. The summed E-state index contributed by atoms with van der Waals surface area (Å²) < 4.78 is 5.83. The lowest BCUT2D eigenvalue weighted by atomic mass is 10.3. The van der Waals surface area contributed by atoms with E-state index in [0.717, 1.165) is 11.8 Å². The average molecular weight is 267 g/mol. The molecule has 0 radical (unpaired) electrons. The van der Waals surface area contributed by atoms with Crippen LogP contribution in [0.3, 0.4) is 0 Å². The van der Waals surface area contributed by atoms with Crippen LogP contribution in [0.4, 0.5) is 0 Å². The van der Waals surface area contributed by atoms with Crippen LogP contribution in [0, 0.1) is 0 Å². The summed E-state index contributed by atoms with van der Waals surface area (Å²) in [6.45, 7) is 0. The number of nitrogens with two attached hydrogens (primary N) is 1. The molecule has 2 aromatic heterocycles. The van der Waals surface area contributed by atoms with Gasteiger partial charge in [0, 0.05) is 12.4 Å². The van der Waals surface area contributed by atoms with Crippen LogP contribution in [0.2, 0.25) is 0 Å². The van der Waals surface area contributed by atoms with Gasteiger partial charge in [0.15, 0.2) is 0 Å². The Hall–Kier alpha value is -2.16. The molecule has 0 aliphatic carbocycles. The predicted molar refractivity (Wildman–Crippen MR) is 62.0 cm³/mol. The van der Waals surface area contributed by atoms with Crippen LogP contribution >= 0.6 is 11.8 Å². The van der Waals surface area contributed by atoms with E-state index in [1.807, 2.05) is 0 Å². The zero-order chi connectivity index (χ0) is 13.1. The smallest absolute Gasteiger partial charge is 0.316 e. The summed E-state index contributed by atoms with van der Waals surface area (Å²) in [5, 5.41) is 4.42. The molecule has 0 atom stereocenters.